The summed E-state index contributed by atoms with van der Waals surface area (Å²) >= 11 is 0. The minimum atomic E-state index is -3.78. The van der Waals surface area contributed by atoms with Crippen LogP contribution in [0, 0.1) is 5.41 Å². The molecule has 37 heavy (non-hydrogen) atoms. The first-order valence-corrected chi connectivity index (χ1v) is 14.3. The zero-order valence-corrected chi connectivity index (χ0v) is 23.6. The molecule has 0 radical (unpaired) electrons. The number of amides is 4. The topological polar surface area (TPSA) is 151 Å². The largest absolute Gasteiger partial charge is 0.444 e. The minimum Gasteiger partial charge on any atom is -0.444 e. The molecule has 12 heteroatoms. The smallest absolute Gasteiger partial charge is 0.408 e. The van der Waals surface area contributed by atoms with E-state index in [0.717, 1.165) is 0 Å². The SMILES string of the molecule is C=CCCC(NC(=O)[C@@H]1CCCN1C(=O)C(NC(=O)OC(C)(C)C)C(C)(C)C)C(=O)NS(=O)(=O)C1CC1. The number of likely N-dealkylation sites (tertiary alicyclic amines) is 1. The van der Waals surface area contributed by atoms with Crippen molar-refractivity contribution in [3.05, 3.63) is 12.7 Å². The van der Waals surface area contributed by atoms with Crippen LogP contribution in [0.25, 0.3) is 0 Å². The second-order valence-corrected chi connectivity index (χ2v) is 13.7. The van der Waals surface area contributed by atoms with Crippen molar-refractivity contribution in [1.29, 1.82) is 0 Å². The number of nitrogens with one attached hydrogen (secondary N) is 3. The van der Waals surface area contributed by atoms with E-state index < -0.39 is 68.2 Å². The predicted molar refractivity (Wildman–Crippen MR) is 139 cm³/mol. The Kier molecular flexibility index (Phi) is 9.78. The van der Waals surface area contributed by atoms with Crippen molar-refractivity contribution >= 4 is 33.8 Å². The average Bonchev–Trinajstić information content (AvgIpc) is 3.50. The third-order valence-corrected chi connectivity index (χ3v) is 7.95. The van der Waals surface area contributed by atoms with Gasteiger partial charge >= 0.3 is 6.09 Å². The summed E-state index contributed by atoms with van der Waals surface area (Å²) in [7, 11) is -3.78. The highest BCUT2D eigenvalue weighted by Crippen LogP contribution is 2.28. The van der Waals surface area contributed by atoms with Crippen molar-refractivity contribution < 1.29 is 32.3 Å². The van der Waals surface area contributed by atoms with Gasteiger partial charge < -0.3 is 20.3 Å². The fourth-order valence-electron chi connectivity index (χ4n) is 4.04. The highest BCUT2D eigenvalue weighted by Gasteiger charge is 2.43. The van der Waals surface area contributed by atoms with Gasteiger partial charge in [0.2, 0.25) is 21.8 Å². The molecule has 2 rings (SSSR count). The van der Waals surface area contributed by atoms with Gasteiger partial charge in [-0.3, -0.25) is 19.1 Å². The highest BCUT2D eigenvalue weighted by molar-refractivity contribution is 7.90. The van der Waals surface area contributed by atoms with Crippen molar-refractivity contribution in [3.8, 4) is 0 Å². The molecule has 1 aliphatic heterocycles. The van der Waals surface area contributed by atoms with Gasteiger partial charge in [-0.2, -0.15) is 0 Å². The Labute approximate surface area is 220 Å². The third-order valence-electron chi connectivity index (χ3n) is 6.11. The summed E-state index contributed by atoms with van der Waals surface area (Å²) in [5.74, 6) is -1.79. The Morgan fingerprint density at radius 3 is 2.19 bits per heavy atom. The minimum absolute atomic E-state index is 0.159. The molecule has 210 valence electrons. The zero-order valence-electron chi connectivity index (χ0n) is 22.8. The molecule has 4 amide bonds. The molecule has 1 heterocycles. The van der Waals surface area contributed by atoms with Crippen LogP contribution in [0.4, 0.5) is 4.79 Å². The number of ether oxygens (including phenoxy) is 1. The van der Waals surface area contributed by atoms with Crippen molar-refractivity contribution in [3.63, 3.8) is 0 Å². The second kappa shape index (κ2) is 11.8. The van der Waals surface area contributed by atoms with E-state index >= 15 is 0 Å². The van der Waals surface area contributed by atoms with E-state index in [0.29, 0.717) is 38.6 Å². The van der Waals surface area contributed by atoms with Crippen LogP contribution in [0.15, 0.2) is 12.7 Å². The standard InChI is InChI=1S/C25H42N4O7S/c1-8-9-11-17(20(30)28-37(34,35)16-13-14-16)26-21(31)18-12-10-15-29(18)22(32)19(24(2,3)4)27-23(33)36-25(5,6)7/h8,16-19H,1,9-15H2,2-7H3,(H,26,31)(H,27,33)(H,28,30)/t17?,18-,19?/m0/s1. The van der Waals surface area contributed by atoms with E-state index in [1.807, 2.05) is 0 Å². The Morgan fingerprint density at radius 1 is 1.05 bits per heavy atom. The van der Waals surface area contributed by atoms with E-state index in [1.54, 1.807) is 47.6 Å². The number of nitrogens with zero attached hydrogens (tertiary/aromatic N) is 1. The van der Waals surface area contributed by atoms with Gasteiger partial charge in [0.15, 0.2) is 0 Å². The number of hydrogen-bond acceptors (Lipinski definition) is 7. The summed E-state index contributed by atoms with van der Waals surface area (Å²) in [6.45, 7) is 14.5. The first kappa shape index (κ1) is 30.6. The third kappa shape index (κ3) is 9.01. The molecular weight excluding hydrogens is 500 g/mol. The quantitative estimate of drug-likeness (QED) is 0.357. The van der Waals surface area contributed by atoms with E-state index in [4.69, 9.17) is 4.74 Å². The molecule has 2 unspecified atom stereocenters. The lowest BCUT2D eigenvalue weighted by molar-refractivity contribution is -0.142. The molecule has 1 aliphatic carbocycles. The van der Waals surface area contributed by atoms with Gasteiger partial charge in [-0.1, -0.05) is 26.8 Å². The number of allylic oxidation sites excluding steroid dienone is 1. The lowest BCUT2D eigenvalue weighted by Gasteiger charge is -2.36. The summed E-state index contributed by atoms with van der Waals surface area (Å²) in [4.78, 5) is 53.5. The number of carbonyl (C=O) groups is 4. The van der Waals surface area contributed by atoms with Gasteiger partial charge in [-0.25, -0.2) is 13.2 Å². The van der Waals surface area contributed by atoms with Crippen LogP contribution in [0.3, 0.4) is 0 Å². The monoisotopic (exact) mass is 542 g/mol. The summed E-state index contributed by atoms with van der Waals surface area (Å²) in [5.41, 5.74) is -1.43. The number of carbonyl (C=O) groups excluding carboxylic acids is 4. The van der Waals surface area contributed by atoms with Crippen LogP contribution in [0.2, 0.25) is 0 Å². The van der Waals surface area contributed by atoms with Crippen LogP contribution >= 0.6 is 0 Å². The van der Waals surface area contributed by atoms with Gasteiger partial charge in [0.05, 0.1) is 5.25 Å². The van der Waals surface area contributed by atoms with Crippen LogP contribution in [0.1, 0.15) is 80.1 Å². The molecule has 0 aromatic carbocycles. The zero-order chi connectivity index (χ0) is 28.2. The maximum atomic E-state index is 13.6. The number of alkyl carbamates (subject to hydrolysis) is 1. The summed E-state index contributed by atoms with van der Waals surface area (Å²) in [6, 6.07) is -2.92. The van der Waals surface area contributed by atoms with E-state index in [1.165, 1.54) is 4.90 Å². The van der Waals surface area contributed by atoms with Crippen LogP contribution in [0.5, 0.6) is 0 Å². The molecule has 0 spiro atoms. The molecule has 2 fully saturated rings. The van der Waals surface area contributed by atoms with Crippen LogP contribution < -0.4 is 15.4 Å². The first-order valence-electron chi connectivity index (χ1n) is 12.7. The van der Waals surface area contributed by atoms with E-state index in [-0.39, 0.29) is 6.42 Å². The van der Waals surface area contributed by atoms with Gasteiger partial charge in [0.25, 0.3) is 5.91 Å². The van der Waals surface area contributed by atoms with Gasteiger partial charge in [0.1, 0.15) is 23.7 Å². The molecule has 2 aliphatic rings. The fraction of sp³-hybridized carbons (Fsp3) is 0.760. The highest BCUT2D eigenvalue weighted by atomic mass is 32.2. The Bertz CT molecular complexity index is 993. The lowest BCUT2D eigenvalue weighted by Crippen LogP contribution is -2.59. The van der Waals surface area contributed by atoms with E-state index in [9.17, 15) is 27.6 Å². The molecule has 0 aromatic heterocycles. The summed E-state index contributed by atoms with van der Waals surface area (Å²) in [5, 5.41) is 4.71. The Hall–Kier alpha value is -2.63. The van der Waals surface area contributed by atoms with Crippen molar-refractivity contribution in [2.75, 3.05) is 6.54 Å². The number of rotatable bonds is 10. The number of hydrogen-bond donors (Lipinski definition) is 3. The number of sulfonamides is 1. The molecule has 11 nitrogen and oxygen atoms in total. The van der Waals surface area contributed by atoms with Gasteiger partial charge in [-0.15, -0.1) is 6.58 Å². The predicted octanol–water partition coefficient (Wildman–Crippen LogP) is 1.98. The van der Waals surface area contributed by atoms with Crippen molar-refractivity contribution in [1.82, 2.24) is 20.3 Å². The maximum absolute atomic E-state index is 13.6. The second-order valence-electron chi connectivity index (χ2n) is 11.8. The molecule has 1 saturated carbocycles. The lowest BCUT2D eigenvalue weighted by atomic mass is 9.85. The molecular formula is C25H42N4O7S. The molecule has 0 bridgehead atoms. The maximum Gasteiger partial charge on any atom is 0.408 e. The molecule has 0 aromatic rings. The Balaban J connectivity index is 2.16. The molecule has 3 N–H and O–H groups in total. The summed E-state index contributed by atoms with van der Waals surface area (Å²) < 4.78 is 31.9. The van der Waals surface area contributed by atoms with Crippen LogP contribution in [-0.2, 0) is 29.1 Å². The normalized spacial score (nSPS) is 19.9. The van der Waals surface area contributed by atoms with Crippen LogP contribution in [-0.4, -0.2) is 72.7 Å². The van der Waals surface area contributed by atoms with E-state index in [2.05, 4.69) is 21.9 Å². The van der Waals surface area contributed by atoms with Gasteiger partial charge in [-0.05, 0) is 64.7 Å². The fourth-order valence-corrected chi connectivity index (χ4v) is 5.38. The van der Waals surface area contributed by atoms with Crippen molar-refractivity contribution in [2.45, 2.75) is 109 Å². The average molecular weight is 543 g/mol. The Morgan fingerprint density at radius 2 is 1.68 bits per heavy atom. The first-order chi connectivity index (χ1) is 17.0. The van der Waals surface area contributed by atoms with Crippen molar-refractivity contribution in [2.24, 2.45) is 5.41 Å². The van der Waals surface area contributed by atoms with Gasteiger partial charge in [0, 0.05) is 6.54 Å². The summed E-state index contributed by atoms with van der Waals surface area (Å²) in [6.07, 6.45) is 3.30. The molecule has 1 saturated heterocycles. The molecule has 3 atom stereocenters.